The molecule has 1 aromatic carbocycles. The van der Waals surface area contributed by atoms with Crippen LogP contribution in [0.5, 0.6) is 0 Å². The van der Waals surface area contributed by atoms with E-state index in [1.807, 2.05) is 0 Å². The molecule has 1 aromatic rings. The zero-order valence-electron chi connectivity index (χ0n) is 8.08. The lowest BCUT2D eigenvalue weighted by atomic mass is 10.3. The smallest absolute Gasteiger partial charge is 0.258 e. The Morgan fingerprint density at radius 2 is 1.94 bits per heavy atom. The molecule has 3 nitrogen and oxygen atoms in total. The average Bonchev–Trinajstić information content (AvgIpc) is 2.21. The minimum absolute atomic E-state index is 0.198. The molecule has 16 heavy (non-hydrogen) atoms. The third-order valence-corrected chi connectivity index (χ3v) is 3.16. The van der Waals surface area contributed by atoms with Gasteiger partial charge in [0.25, 0.3) is 5.69 Å². The monoisotopic (exact) mass is 267 g/mol. The van der Waals surface area contributed by atoms with Crippen LogP contribution in [0.4, 0.5) is 14.5 Å². The molecule has 0 saturated heterocycles. The lowest BCUT2D eigenvalue weighted by Gasteiger charge is -2.03. The molecule has 0 radical (unpaired) electrons. The second kappa shape index (κ2) is 6.00. The topological polar surface area (TPSA) is 43.1 Å². The van der Waals surface area contributed by atoms with E-state index in [2.05, 4.69) is 0 Å². The van der Waals surface area contributed by atoms with Crippen LogP contribution < -0.4 is 0 Å². The van der Waals surface area contributed by atoms with Crippen molar-refractivity contribution >= 4 is 29.1 Å². The van der Waals surface area contributed by atoms with Gasteiger partial charge in [-0.1, -0.05) is 0 Å². The van der Waals surface area contributed by atoms with E-state index in [1.165, 1.54) is 0 Å². The summed E-state index contributed by atoms with van der Waals surface area (Å²) >= 11 is 6.39. The number of non-ortho nitro benzene ring substituents is 1. The normalized spacial score (nSPS) is 10.4. The Kier molecular flexibility index (Phi) is 4.95. The van der Waals surface area contributed by atoms with Crippen LogP contribution in [0.25, 0.3) is 0 Å². The van der Waals surface area contributed by atoms with Crippen molar-refractivity contribution in [3.63, 3.8) is 0 Å². The van der Waals surface area contributed by atoms with Crippen molar-refractivity contribution in [2.75, 3.05) is 11.6 Å². The highest BCUT2D eigenvalue weighted by molar-refractivity contribution is 7.99. The number of thioether (sulfide) groups is 1. The van der Waals surface area contributed by atoms with E-state index in [1.54, 1.807) is 0 Å². The molecule has 0 spiro atoms. The summed E-state index contributed by atoms with van der Waals surface area (Å²) in [6.07, 6.45) is 0.613. The molecule has 0 saturated carbocycles. The highest BCUT2D eigenvalue weighted by Crippen LogP contribution is 2.29. The molecule has 0 aromatic heterocycles. The average molecular weight is 268 g/mol. The van der Waals surface area contributed by atoms with E-state index in [0.717, 1.165) is 11.8 Å². The third-order valence-electron chi connectivity index (χ3n) is 1.72. The van der Waals surface area contributed by atoms with Crippen LogP contribution in [0.1, 0.15) is 6.42 Å². The predicted molar refractivity (Wildman–Crippen MR) is 59.1 cm³/mol. The molecule has 88 valence electrons. The second-order valence-electron chi connectivity index (χ2n) is 2.89. The summed E-state index contributed by atoms with van der Waals surface area (Å²) in [5.41, 5.74) is -0.586. The minimum atomic E-state index is -0.911. The van der Waals surface area contributed by atoms with E-state index < -0.39 is 22.2 Å². The van der Waals surface area contributed by atoms with Crippen molar-refractivity contribution in [1.29, 1.82) is 0 Å². The lowest BCUT2D eigenvalue weighted by molar-refractivity contribution is -0.385. The summed E-state index contributed by atoms with van der Waals surface area (Å²) in [6.45, 7) is 0. The number of hydrogen-bond donors (Lipinski definition) is 0. The highest BCUT2D eigenvalue weighted by atomic mass is 35.5. The van der Waals surface area contributed by atoms with Gasteiger partial charge in [-0.05, 0) is 12.2 Å². The van der Waals surface area contributed by atoms with E-state index >= 15 is 0 Å². The summed E-state index contributed by atoms with van der Waals surface area (Å²) in [6, 6.07) is 1.43. The van der Waals surface area contributed by atoms with Crippen molar-refractivity contribution in [3.05, 3.63) is 33.9 Å². The Morgan fingerprint density at radius 1 is 1.38 bits per heavy atom. The van der Waals surface area contributed by atoms with Crippen molar-refractivity contribution in [1.82, 2.24) is 0 Å². The van der Waals surface area contributed by atoms with Gasteiger partial charge >= 0.3 is 0 Å². The number of halogens is 3. The molecule has 0 aliphatic heterocycles. The summed E-state index contributed by atoms with van der Waals surface area (Å²) < 4.78 is 26.6. The first-order valence-electron chi connectivity index (χ1n) is 4.38. The summed E-state index contributed by atoms with van der Waals surface area (Å²) in [7, 11) is 0. The maximum atomic E-state index is 13.3. The maximum Gasteiger partial charge on any atom is 0.275 e. The van der Waals surface area contributed by atoms with Gasteiger partial charge < -0.3 is 0 Å². The first-order chi connectivity index (χ1) is 7.56. The molecule has 0 N–H and O–H groups in total. The highest BCUT2D eigenvalue weighted by Gasteiger charge is 2.16. The van der Waals surface area contributed by atoms with Crippen molar-refractivity contribution in [3.8, 4) is 0 Å². The van der Waals surface area contributed by atoms with Gasteiger partial charge in [-0.3, -0.25) is 10.1 Å². The molecule has 1 rings (SSSR count). The largest absolute Gasteiger partial charge is 0.275 e. The fraction of sp³-hybridized carbons (Fsp3) is 0.333. The standard InChI is InChI=1S/C9H8ClF2NO2S/c10-2-1-3-16-9-7(11)4-6(13(14)15)5-8(9)12/h4-5H,1-3H2. The molecule has 0 atom stereocenters. The fourth-order valence-electron chi connectivity index (χ4n) is 1.02. The summed E-state index contributed by atoms with van der Waals surface area (Å²) in [5.74, 6) is -0.948. The summed E-state index contributed by atoms with van der Waals surface area (Å²) in [5, 5.41) is 10.3. The van der Waals surface area contributed by atoms with Crippen LogP contribution in [0.2, 0.25) is 0 Å². The lowest BCUT2D eigenvalue weighted by Crippen LogP contribution is -1.95. The van der Waals surface area contributed by atoms with Gasteiger partial charge in [0.05, 0.1) is 22.0 Å². The number of nitro groups is 1. The number of hydrogen-bond acceptors (Lipinski definition) is 3. The van der Waals surface area contributed by atoms with Crippen molar-refractivity contribution < 1.29 is 13.7 Å². The van der Waals surface area contributed by atoms with Gasteiger partial charge in [-0.25, -0.2) is 8.78 Å². The second-order valence-corrected chi connectivity index (χ2v) is 4.37. The van der Waals surface area contributed by atoms with Crippen LogP contribution in [0.15, 0.2) is 17.0 Å². The fourth-order valence-corrected chi connectivity index (χ4v) is 2.20. The Balaban J connectivity index is 2.89. The van der Waals surface area contributed by atoms with E-state index in [9.17, 15) is 18.9 Å². The van der Waals surface area contributed by atoms with Gasteiger partial charge in [0.2, 0.25) is 0 Å². The Labute approximate surface area is 99.9 Å². The number of nitro benzene ring substituents is 1. The minimum Gasteiger partial charge on any atom is -0.258 e. The molecule has 0 bridgehead atoms. The molecule has 0 aliphatic carbocycles. The number of rotatable bonds is 5. The quantitative estimate of drug-likeness (QED) is 0.269. The van der Waals surface area contributed by atoms with Crippen LogP contribution in [0.3, 0.4) is 0 Å². The van der Waals surface area contributed by atoms with Gasteiger partial charge in [-0.15, -0.1) is 23.4 Å². The Bertz CT molecular complexity index is 380. The van der Waals surface area contributed by atoms with Gasteiger partial charge in [0, 0.05) is 5.88 Å². The van der Waals surface area contributed by atoms with Gasteiger partial charge in [0.1, 0.15) is 11.6 Å². The number of nitrogens with zero attached hydrogens (tertiary/aromatic N) is 1. The molecule has 0 heterocycles. The zero-order valence-corrected chi connectivity index (χ0v) is 9.65. The van der Waals surface area contributed by atoms with E-state index in [4.69, 9.17) is 11.6 Å². The van der Waals surface area contributed by atoms with Crippen molar-refractivity contribution in [2.45, 2.75) is 11.3 Å². The Hall–Kier alpha value is -0.880. The molecule has 0 aliphatic rings. The van der Waals surface area contributed by atoms with E-state index in [0.29, 0.717) is 30.2 Å². The van der Waals surface area contributed by atoms with Crippen LogP contribution >= 0.6 is 23.4 Å². The van der Waals surface area contributed by atoms with Crippen molar-refractivity contribution in [2.24, 2.45) is 0 Å². The van der Waals surface area contributed by atoms with Crippen LogP contribution in [-0.2, 0) is 0 Å². The number of benzene rings is 1. The summed E-state index contributed by atoms with van der Waals surface area (Å²) in [4.78, 5) is 9.29. The van der Waals surface area contributed by atoms with E-state index in [-0.39, 0.29) is 4.90 Å². The Morgan fingerprint density at radius 3 is 2.38 bits per heavy atom. The first-order valence-corrected chi connectivity index (χ1v) is 5.90. The number of alkyl halides is 1. The molecular weight excluding hydrogens is 260 g/mol. The molecular formula is C9H8ClF2NO2S. The third kappa shape index (κ3) is 3.31. The maximum absolute atomic E-state index is 13.3. The van der Waals surface area contributed by atoms with Crippen LogP contribution in [0, 0.1) is 21.7 Å². The molecule has 7 heteroatoms. The molecule has 0 fully saturated rings. The molecule has 0 amide bonds. The first kappa shape index (κ1) is 13.2. The predicted octanol–water partition coefficient (Wildman–Crippen LogP) is 3.59. The van der Waals surface area contributed by atoms with Gasteiger partial charge in [-0.2, -0.15) is 0 Å². The van der Waals surface area contributed by atoms with Crippen LogP contribution in [-0.4, -0.2) is 16.6 Å². The SMILES string of the molecule is O=[N+]([O-])c1cc(F)c(SCCCCl)c(F)c1. The van der Waals surface area contributed by atoms with Gasteiger partial charge in [0.15, 0.2) is 0 Å². The zero-order chi connectivity index (χ0) is 12.1. The molecule has 0 unspecified atom stereocenters.